The van der Waals surface area contributed by atoms with Crippen LogP contribution >= 0.6 is 23.2 Å². The second kappa shape index (κ2) is 8.46. The van der Waals surface area contributed by atoms with Crippen molar-refractivity contribution in [2.75, 3.05) is 0 Å². The van der Waals surface area contributed by atoms with E-state index in [0.29, 0.717) is 16.1 Å². The van der Waals surface area contributed by atoms with E-state index in [0.717, 1.165) is 0 Å². The number of esters is 3. The molecular weight excluding hydrogens is 421 g/mol. The van der Waals surface area contributed by atoms with Crippen molar-refractivity contribution in [2.45, 2.75) is 13.8 Å². The third-order valence-corrected chi connectivity index (χ3v) is 4.11. The van der Waals surface area contributed by atoms with E-state index in [4.69, 9.17) is 37.4 Å². The number of aliphatic imine (C=N–C) groups is 1. The van der Waals surface area contributed by atoms with Gasteiger partial charge in [0.1, 0.15) is 0 Å². The predicted octanol–water partition coefficient (Wildman–Crippen LogP) is 4.19. The summed E-state index contributed by atoms with van der Waals surface area (Å²) in [5.41, 5.74) is 0.898. The highest BCUT2D eigenvalue weighted by Gasteiger charge is 2.26. The summed E-state index contributed by atoms with van der Waals surface area (Å²) in [4.78, 5) is 38.9. The van der Waals surface area contributed by atoms with Crippen LogP contribution in [0, 0.1) is 0 Å². The Balaban J connectivity index is 1.96. The molecule has 2 aromatic carbocycles. The molecule has 0 unspecified atom stereocenters. The number of benzene rings is 2. The first-order valence-corrected chi connectivity index (χ1v) is 8.97. The molecule has 0 N–H and O–H groups in total. The summed E-state index contributed by atoms with van der Waals surface area (Å²) in [5, 5.41) is 0.721. The quantitative estimate of drug-likeness (QED) is 0.407. The van der Waals surface area contributed by atoms with Crippen molar-refractivity contribution in [3.63, 3.8) is 0 Å². The molecule has 0 aromatic heterocycles. The van der Waals surface area contributed by atoms with Crippen LogP contribution in [0.5, 0.6) is 11.5 Å². The van der Waals surface area contributed by atoms with E-state index < -0.39 is 17.9 Å². The molecule has 1 aliphatic rings. The Morgan fingerprint density at radius 2 is 1.69 bits per heavy atom. The normalized spacial score (nSPS) is 14.4. The molecule has 0 saturated heterocycles. The lowest BCUT2D eigenvalue weighted by molar-refractivity contribution is -0.134. The Hall–Kier alpha value is -3.16. The molecular formula is C20H13Cl2NO6. The van der Waals surface area contributed by atoms with Crippen LogP contribution in [0.4, 0.5) is 0 Å². The lowest BCUT2D eigenvalue weighted by atomic mass is 10.1. The number of rotatable bonds is 4. The minimum absolute atomic E-state index is 0.0139. The SMILES string of the molecule is CC(=O)Oc1ccc(/C=C2\N=C(c3ccc(Cl)cc3Cl)OC2=O)cc1OC(C)=O. The van der Waals surface area contributed by atoms with Crippen molar-refractivity contribution in [3.8, 4) is 11.5 Å². The Bertz CT molecular complexity index is 1090. The van der Waals surface area contributed by atoms with Crippen molar-refractivity contribution in [1.82, 2.24) is 0 Å². The molecule has 0 saturated carbocycles. The molecule has 0 fully saturated rings. The van der Waals surface area contributed by atoms with Crippen molar-refractivity contribution in [1.29, 1.82) is 0 Å². The molecule has 1 heterocycles. The maximum atomic E-state index is 12.2. The van der Waals surface area contributed by atoms with Gasteiger partial charge in [-0.15, -0.1) is 0 Å². The van der Waals surface area contributed by atoms with Crippen LogP contribution in [0.2, 0.25) is 10.0 Å². The first-order valence-electron chi connectivity index (χ1n) is 8.22. The van der Waals surface area contributed by atoms with E-state index in [2.05, 4.69) is 4.99 Å². The summed E-state index contributed by atoms with van der Waals surface area (Å²) < 4.78 is 15.3. The van der Waals surface area contributed by atoms with E-state index in [1.165, 1.54) is 38.1 Å². The number of hydrogen-bond donors (Lipinski definition) is 0. The van der Waals surface area contributed by atoms with E-state index in [1.54, 1.807) is 18.2 Å². The van der Waals surface area contributed by atoms with Gasteiger partial charge in [-0.05, 0) is 42.0 Å². The molecule has 29 heavy (non-hydrogen) atoms. The lowest BCUT2D eigenvalue weighted by Crippen LogP contribution is -2.07. The summed E-state index contributed by atoms with van der Waals surface area (Å²) >= 11 is 12.0. The van der Waals surface area contributed by atoms with Gasteiger partial charge < -0.3 is 14.2 Å². The van der Waals surface area contributed by atoms with Gasteiger partial charge in [0.15, 0.2) is 17.2 Å². The van der Waals surface area contributed by atoms with Gasteiger partial charge in [-0.2, -0.15) is 0 Å². The summed E-state index contributed by atoms with van der Waals surface area (Å²) in [5.74, 6) is -1.71. The number of carbonyl (C=O) groups is 3. The van der Waals surface area contributed by atoms with Gasteiger partial charge in [0, 0.05) is 18.9 Å². The number of nitrogens with zero attached hydrogens (tertiary/aromatic N) is 1. The van der Waals surface area contributed by atoms with E-state index in [1.807, 2.05) is 0 Å². The summed E-state index contributed by atoms with van der Waals surface area (Å²) in [6, 6.07) is 9.13. The Labute approximate surface area is 175 Å². The highest BCUT2D eigenvalue weighted by Crippen LogP contribution is 2.31. The number of carbonyl (C=O) groups excluding carboxylic acids is 3. The van der Waals surface area contributed by atoms with Gasteiger partial charge >= 0.3 is 17.9 Å². The van der Waals surface area contributed by atoms with Gasteiger partial charge in [0.25, 0.3) is 0 Å². The third-order valence-electron chi connectivity index (χ3n) is 3.56. The molecule has 3 rings (SSSR count). The molecule has 0 amide bonds. The summed E-state index contributed by atoms with van der Waals surface area (Å²) in [6.07, 6.45) is 1.43. The molecule has 2 aromatic rings. The first-order chi connectivity index (χ1) is 13.7. The first kappa shape index (κ1) is 20.6. The highest BCUT2D eigenvalue weighted by molar-refractivity contribution is 6.37. The molecule has 0 spiro atoms. The molecule has 0 radical (unpaired) electrons. The third kappa shape index (κ3) is 5.01. The average Bonchev–Trinajstić information content (AvgIpc) is 2.96. The summed E-state index contributed by atoms with van der Waals surface area (Å²) in [7, 11) is 0. The molecule has 0 bridgehead atoms. The van der Waals surface area contributed by atoms with Gasteiger partial charge in [0.2, 0.25) is 5.90 Å². The number of cyclic esters (lactones) is 1. The minimum atomic E-state index is -0.677. The topological polar surface area (TPSA) is 91.3 Å². The smallest absolute Gasteiger partial charge is 0.363 e. The van der Waals surface area contributed by atoms with Crippen LogP contribution in [0.3, 0.4) is 0 Å². The number of ether oxygens (including phenoxy) is 3. The fraction of sp³-hybridized carbons (Fsp3) is 0.100. The van der Waals surface area contributed by atoms with E-state index in [9.17, 15) is 14.4 Å². The molecule has 1 aliphatic heterocycles. The number of hydrogen-bond acceptors (Lipinski definition) is 7. The van der Waals surface area contributed by atoms with E-state index in [-0.39, 0.29) is 28.1 Å². The van der Waals surface area contributed by atoms with Crippen molar-refractivity contribution < 1.29 is 28.6 Å². The molecule has 0 aliphatic carbocycles. The fourth-order valence-corrected chi connectivity index (χ4v) is 2.92. The average molecular weight is 434 g/mol. The molecule has 9 heteroatoms. The van der Waals surface area contributed by atoms with Crippen LogP contribution in [-0.2, 0) is 19.1 Å². The van der Waals surface area contributed by atoms with Crippen molar-refractivity contribution >= 4 is 53.1 Å². The maximum absolute atomic E-state index is 12.2. The monoisotopic (exact) mass is 433 g/mol. The van der Waals surface area contributed by atoms with Crippen LogP contribution in [-0.4, -0.2) is 23.8 Å². The van der Waals surface area contributed by atoms with Crippen molar-refractivity contribution in [2.24, 2.45) is 4.99 Å². The zero-order valence-electron chi connectivity index (χ0n) is 15.2. The molecule has 0 atom stereocenters. The van der Waals surface area contributed by atoms with Crippen LogP contribution in [0.1, 0.15) is 25.0 Å². The predicted molar refractivity (Wildman–Crippen MR) is 106 cm³/mol. The largest absolute Gasteiger partial charge is 0.423 e. The van der Waals surface area contributed by atoms with E-state index >= 15 is 0 Å². The maximum Gasteiger partial charge on any atom is 0.363 e. The van der Waals surface area contributed by atoms with Gasteiger partial charge in [-0.25, -0.2) is 9.79 Å². The lowest BCUT2D eigenvalue weighted by Gasteiger charge is -2.09. The number of halogens is 2. The van der Waals surface area contributed by atoms with Crippen LogP contribution in [0.25, 0.3) is 6.08 Å². The molecule has 7 nitrogen and oxygen atoms in total. The minimum Gasteiger partial charge on any atom is -0.423 e. The highest BCUT2D eigenvalue weighted by atomic mass is 35.5. The second-order valence-electron chi connectivity index (χ2n) is 5.85. The van der Waals surface area contributed by atoms with Crippen LogP contribution in [0.15, 0.2) is 47.1 Å². The van der Waals surface area contributed by atoms with Crippen molar-refractivity contribution in [3.05, 3.63) is 63.3 Å². The van der Waals surface area contributed by atoms with Gasteiger partial charge in [0.05, 0.1) is 10.6 Å². The Kier molecular flexibility index (Phi) is 6.00. The van der Waals surface area contributed by atoms with Gasteiger partial charge in [-0.1, -0.05) is 29.3 Å². The zero-order chi connectivity index (χ0) is 21.1. The van der Waals surface area contributed by atoms with Crippen LogP contribution < -0.4 is 9.47 Å². The fourth-order valence-electron chi connectivity index (χ4n) is 2.43. The zero-order valence-corrected chi connectivity index (χ0v) is 16.7. The molecule has 148 valence electrons. The standard InChI is InChI=1S/C20H13Cl2NO6/c1-10(24)27-17-6-3-12(8-18(17)28-11(2)25)7-16-20(26)29-19(23-16)14-5-4-13(21)9-15(14)22/h3-9H,1-2H3/b16-7-. The summed E-state index contributed by atoms with van der Waals surface area (Å²) in [6.45, 7) is 2.43. The Morgan fingerprint density at radius 1 is 1.00 bits per heavy atom. The second-order valence-corrected chi connectivity index (χ2v) is 6.70. The van der Waals surface area contributed by atoms with Gasteiger partial charge in [-0.3, -0.25) is 9.59 Å². The Morgan fingerprint density at radius 3 is 2.34 bits per heavy atom.